The molecule has 0 aromatic heterocycles. The zero-order valence-corrected chi connectivity index (χ0v) is 23.7. The number of carbonyl (C=O) groups is 2. The Bertz CT molecular complexity index is 933. The first-order valence-corrected chi connectivity index (χ1v) is 14.6. The minimum Gasteiger partial charge on any atom is -0.462 e. The summed E-state index contributed by atoms with van der Waals surface area (Å²) in [5.74, 6) is 2.75. The van der Waals surface area contributed by atoms with Crippen LogP contribution in [0.15, 0.2) is 11.6 Å². The van der Waals surface area contributed by atoms with Crippen LogP contribution >= 0.6 is 0 Å². The number of aldehydes is 1. The molecular formula is C32H50O3. The Balaban J connectivity index is 1.55. The molecule has 10 atom stereocenters. The maximum absolute atomic E-state index is 12.7. The summed E-state index contributed by atoms with van der Waals surface area (Å²) in [7, 11) is 0. The maximum Gasteiger partial charge on any atom is 0.302 e. The van der Waals surface area contributed by atoms with Crippen molar-refractivity contribution in [3.63, 3.8) is 0 Å². The Labute approximate surface area is 214 Å². The lowest BCUT2D eigenvalue weighted by Crippen LogP contribution is -2.65. The highest BCUT2D eigenvalue weighted by Gasteiger charge is 2.68. The lowest BCUT2D eigenvalue weighted by molar-refractivity contribution is -0.212. The molecule has 5 rings (SSSR count). The molecule has 0 aromatic rings. The fourth-order valence-corrected chi connectivity index (χ4v) is 11.1. The van der Waals surface area contributed by atoms with Crippen LogP contribution < -0.4 is 0 Å². The van der Waals surface area contributed by atoms with Crippen molar-refractivity contribution in [2.24, 2.45) is 56.7 Å². The molecule has 0 bridgehead atoms. The van der Waals surface area contributed by atoms with E-state index in [0.29, 0.717) is 29.6 Å². The number of hydrogen-bond donors (Lipinski definition) is 0. The predicted molar refractivity (Wildman–Crippen MR) is 141 cm³/mol. The molecule has 196 valence electrons. The van der Waals surface area contributed by atoms with Crippen molar-refractivity contribution < 1.29 is 14.3 Å². The van der Waals surface area contributed by atoms with Gasteiger partial charge in [-0.1, -0.05) is 60.1 Å². The Kier molecular flexibility index (Phi) is 5.79. The molecule has 0 radical (unpaired) electrons. The third-order valence-corrected chi connectivity index (χ3v) is 13.5. The van der Waals surface area contributed by atoms with E-state index < -0.39 is 0 Å². The van der Waals surface area contributed by atoms with Crippen LogP contribution in [0, 0.1) is 56.7 Å². The summed E-state index contributed by atoms with van der Waals surface area (Å²) in [5.41, 5.74) is 2.20. The Hall–Kier alpha value is -1.12. The lowest BCUT2D eigenvalue weighted by atomic mass is 9.33. The topological polar surface area (TPSA) is 43.4 Å². The van der Waals surface area contributed by atoms with Gasteiger partial charge in [-0.3, -0.25) is 4.79 Å². The number of rotatable bonds is 2. The summed E-state index contributed by atoms with van der Waals surface area (Å²) in [5, 5.41) is 0. The molecule has 0 saturated heterocycles. The van der Waals surface area contributed by atoms with Crippen molar-refractivity contribution in [1.82, 2.24) is 0 Å². The zero-order valence-electron chi connectivity index (χ0n) is 23.7. The van der Waals surface area contributed by atoms with E-state index in [4.69, 9.17) is 4.74 Å². The third-order valence-electron chi connectivity index (χ3n) is 13.5. The highest BCUT2D eigenvalue weighted by atomic mass is 16.5. The van der Waals surface area contributed by atoms with Gasteiger partial charge < -0.3 is 9.53 Å². The first-order chi connectivity index (χ1) is 16.3. The van der Waals surface area contributed by atoms with Crippen molar-refractivity contribution in [3.8, 4) is 0 Å². The minimum atomic E-state index is -0.137. The summed E-state index contributed by atoms with van der Waals surface area (Å²) in [6.07, 6.45) is 14.3. The number of allylic oxidation sites excluding steroid dienone is 2. The van der Waals surface area contributed by atoms with Gasteiger partial charge in [-0.15, -0.1) is 0 Å². The molecule has 3 nitrogen and oxygen atoms in total. The van der Waals surface area contributed by atoms with E-state index in [1.165, 1.54) is 25.5 Å². The van der Waals surface area contributed by atoms with Crippen molar-refractivity contribution in [1.29, 1.82) is 0 Å². The van der Waals surface area contributed by atoms with Crippen molar-refractivity contribution in [3.05, 3.63) is 11.6 Å². The van der Waals surface area contributed by atoms with Gasteiger partial charge in [0.15, 0.2) is 0 Å². The Morgan fingerprint density at radius 3 is 2.31 bits per heavy atom. The second-order valence-electron chi connectivity index (χ2n) is 15.0. The van der Waals surface area contributed by atoms with Gasteiger partial charge in [0, 0.05) is 17.8 Å². The third kappa shape index (κ3) is 3.21. The quantitative estimate of drug-likeness (QED) is 0.229. The minimum absolute atomic E-state index is 0.00253. The molecule has 0 spiro atoms. The molecule has 0 N–H and O–H groups in total. The molecule has 5 aliphatic rings. The SMILES string of the molecule is CC(=O)O[C@H]1CC[C@@]2(C)[C@H](CC[C@]3(C)[C@@H]2CC=C2[C@H]4[C@@H](C)[C@H](C)CC[C@]4(C=O)CC[C@]23C)C1(C)C. The first-order valence-electron chi connectivity index (χ1n) is 14.6. The number of esters is 1. The van der Waals surface area contributed by atoms with E-state index in [-0.39, 0.29) is 39.1 Å². The number of hydrogen-bond acceptors (Lipinski definition) is 3. The van der Waals surface area contributed by atoms with Gasteiger partial charge in [-0.05, 0) is 104 Å². The molecule has 0 aromatic carbocycles. The summed E-state index contributed by atoms with van der Waals surface area (Å²) in [6, 6.07) is 0. The molecule has 4 saturated carbocycles. The van der Waals surface area contributed by atoms with Crippen molar-refractivity contribution >= 4 is 12.3 Å². The van der Waals surface area contributed by atoms with E-state index in [1.54, 1.807) is 12.5 Å². The monoisotopic (exact) mass is 482 g/mol. The van der Waals surface area contributed by atoms with Gasteiger partial charge in [-0.25, -0.2) is 0 Å². The molecule has 0 unspecified atom stereocenters. The predicted octanol–water partition coefficient (Wildman–Crippen LogP) is 7.77. The van der Waals surface area contributed by atoms with Gasteiger partial charge in [0.25, 0.3) is 0 Å². The van der Waals surface area contributed by atoms with Crippen LogP contribution in [0.2, 0.25) is 0 Å². The van der Waals surface area contributed by atoms with Crippen molar-refractivity contribution in [2.75, 3.05) is 0 Å². The van der Waals surface area contributed by atoms with Gasteiger partial charge >= 0.3 is 5.97 Å². The molecule has 3 heteroatoms. The summed E-state index contributed by atoms with van der Waals surface area (Å²) in [4.78, 5) is 24.5. The second kappa shape index (κ2) is 7.94. The Morgan fingerprint density at radius 2 is 1.66 bits per heavy atom. The van der Waals surface area contributed by atoms with Crippen molar-refractivity contribution in [2.45, 2.75) is 119 Å². The van der Waals surface area contributed by atoms with Crippen LogP contribution in [-0.2, 0) is 14.3 Å². The van der Waals surface area contributed by atoms with Gasteiger partial charge in [-0.2, -0.15) is 0 Å². The average molecular weight is 483 g/mol. The van der Waals surface area contributed by atoms with Gasteiger partial charge in [0.1, 0.15) is 12.4 Å². The summed E-state index contributed by atoms with van der Waals surface area (Å²) >= 11 is 0. The van der Waals surface area contributed by atoms with Crippen LogP contribution in [0.3, 0.4) is 0 Å². The average Bonchev–Trinajstić information content (AvgIpc) is 2.78. The van der Waals surface area contributed by atoms with E-state index in [1.807, 2.05) is 0 Å². The van der Waals surface area contributed by atoms with E-state index in [0.717, 1.165) is 38.5 Å². The van der Waals surface area contributed by atoms with Crippen LogP contribution in [0.25, 0.3) is 0 Å². The molecule has 0 aliphatic heterocycles. The largest absolute Gasteiger partial charge is 0.462 e. The molecule has 0 heterocycles. The van der Waals surface area contributed by atoms with Gasteiger partial charge in [0.2, 0.25) is 0 Å². The van der Waals surface area contributed by atoms with Gasteiger partial charge in [0.05, 0.1) is 0 Å². The van der Waals surface area contributed by atoms with Crippen LogP contribution in [0.1, 0.15) is 113 Å². The van der Waals surface area contributed by atoms with E-state index >= 15 is 0 Å². The fourth-order valence-electron chi connectivity index (χ4n) is 11.1. The smallest absolute Gasteiger partial charge is 0.302 e. The fraction of sp³-hybridized carbons (Fsp3) is 0.875. The molecule has 4 fully saturated rings. The second-order valence-corrected chi connectivity index (χ2v) is 15.0. The molecular weight excluding hydrogens is 432 g/mol. The summed E-state index contributed by atoms with van der Waals surface area (Å²) < 4.78 is 5.89. The normalized spacial score (nSPS) is 52.6. The lowest BCUT2D eigenvalue weighted by Gasteiger charge is -2.71. The van der Waals surface area contributed by atoms with Crippen LogP contribution in [0.4, 0.5) is 0 Å². The number of ether oxygens (including phenoxy) is 1. The number of fused-ring (bicyclic) bond motifs is 7. The molecule has 5 aliphatic carbocycles. The zero-order chi connectivity index (χ0) is 25.6. The standard InChI is InChI=1S/C32H50O3/c1-20-11-16-32(19-33)18-17-30(7)23(27(32)21(20)2)9-10-25-29(6)14-13-26(35-22(3)34)28(4,5)24(29)12-15-31(25,30)8/h9,19-21,24-27H,10-18H2,1-8H3/t20-,21+,24-,25-,26+,27-,29+,30-,31-,32-/m1/s1. The summed E-state index contributed by atoms with van der Waals surface area (Å²) in [6.45, 7) is 18.9. The molecule has 35 heavy (non-hydrogen) atoms. The van der Waals surface area contributed by atoms with E-state index in [9.17, 15) is 9.59 Å². The van der Waals surface area contributed by atoms with Crippen LogP contribution in [0.5, 0.6) is 0 Å². The molecule has 0 amide bonds. The van der Waals surface area contributed by atoms with E-state index in [2.05, 4.69) is 54.5 Å². The maximum atomic E-state index is 12.7. The highest BCUT2D eigenvalue weighted by Crippen LogP contribution is 2.75. The number of carbonyl (C=O) groups excluding carboxylic acids is 2. The Morgan fingerprint density at radius 1 is 0.943 bits per heavy atom. The highest BCUT2D eigenvalue weighted by molar-refractivity contribution is 5.66. The van der Waals surface area contributed by atoms with Crippen LogP contribution in [-0.4, -0.2) is 18.4 Å². The first kappa shape index (κ1) is 25.5.